The third-order valence-corrected chi connectivity index (χ3v) is 4.28. The van der Waals surface area contributed by atoms with Gasteiger partial charge in [-0.05, 0) is 30.7 Å². The van der Waals surface area contributed by atoms with E-state index in [2.05, 4.69) is 23.2 Å². The minimum atomic E-state index is 0.273. The predicted octanol–water partition coefficient (Wildman–Crippen LogP) is 5.58. The first-order valence-electron chi connectivity index (χ1n) is 7.97. The summed E-state index contributed by atoms with van der Waals surface area (Å²) in [6.45, 7) is 2.03. The molecule has 0 amide bonds. The van der Waals surface area contributed by atoms with Crippen LogP contribution in [0, 0.1) is 6.92 Å². The van der Waals surface area contributed by atoms with E-state index in [1.165, 1.54) is 0 Å². The van der Waals surface area contributed by atoms with Crippen molar-refractivity contribution in [3.8, 4) is 28.0 Å². The number of pyridine rings is 1. The van der Waals surface area contributed by atoms with E-state index in [0.29, 0.717) is 0 Å². The third kappa shape index (κ3) is 2.42. The molecule has 0 unspecified atom stereocenters. The monoisotopic (exact) mass is 311 g/mol. The first-order valence-corrected chi connectivity index (χ1v) is 7.97. The largest absolute Gasteiger partial charge is 0.507 e. The molecule has 0 saturated heterocycles. The zero-order chi connectivity index (χ0) is 16.5. The Bertz CT molecular complexity index is 1020. The van der Waals surface area contributed by atoms with Gasteiger partial charge in [0.25, 0.3) is 0 Å². The summed E-state index contributed by atoms with van der Waals surface area (Å²) in [5.74, 6) is 0.273. The van der Waals surface area contributed by atoms with Crippen LogP contribution in [-0.2, 0) is 0 Å². The molecule has 24 heavy (non-hydrogen) atoms. The fraction of sp³-hybridized carbons (Fsp3) is 0.0455. The van der Waals surface area contributed by atoms with Gasteiger partial charge >= 0.3 is 0 Å². The molecule has 1 N–H and O–H groups in total. The van der Waals surface area contributed by atoms with Gasteiger partial charge in [-0.1, -0.05) is 60.2 Å². The van der Waals surface area contributed by atoms with Crippen molar-refractivity contribution in [1.82, 2.24) is 4.98 Å². The van der Waals surface area contributed by atoms with Gasteiger partial charge in [0.2, 0.25) is 0 Å². The van der Waals surface area contributed by atoms with Crippen molar-refractivity contribution in [2.45, 2.75) is 6.92 Å². The number of fused-ring (bicyclic) bond motifs is 1. The molecule has 3 aromatic carbocycles. The second-order valence-corrected chi connectivity index (χ2v) is 5.95. The van der Waals surface area contributed by atoms with Crippen LogP contribution in [0.4, 0.5) is 0 Å². The molecule has 0 fully saturated rings. The number of benzene rings is 3. The SMILES string of the molecule is Cc1ccc(O)c(-c2cnc3ccccc3c2-c2ccccc2)c1. The molecule has 1 heterocycles. The quantitative estimate of drug-likeness (QED) is 0.524. The van der Waals surface area contributed by atoms with E-state index < -0.39 is 0 Å². The van der Waals surface area contributed by atoms with E-state index in [9.17, 15) is 5.11 Å². The van der Waals surface area contributed by atoms with Gasteiger partial charge in [-0.3, -0.25) is 4.98 Å². The molecule has 0 aliphatic carbocycles. The van der Waals surface area contributed by atoms with Crippen molar-refractivity contribution >= 4 is 10.9 Å². The predicted molar refractivity (Wildman–Crippen MR) is 99.0 cm³/mol. The minimum absolute atomic E-state index is 0.273. The first kappa shape index (κ1) is 14.5. The fourth-order valence-electron chi connectivity index (χ4n) is 3.13. The van der Waals surface area contributed by atoms with Crippen molar-refractivity contribution in [2.75, 3.05) is 0 Å². The molecule has 0 radical (unpaired) electrons. The number of rotatable bonds is 2. The zero-order valence-corrected chi connectivity index (χ0v) is 13.4. The normalized spacial score (nSPS) is 10.9. The maximum atomic E-state index is 10.4. The summed E-state index contributed by atoms with van der Waals surface area (Å²) in [7, 11) is 0. The number of aromatic hydroxyl groups is 1. The first-order chi connectivity index (χ1) is 11.7. The van der Waals surface area contributed by atoms with Crippen molar-refractivity contribution in [2.24, 2.45) is 0 Å². The van der Waals surface area contributed by atoms with E-state index in [1.54, 1.807) is 6.07 Å². The van der Waals surface area contributed by atoms with Gasteiger partial charge in [-0.25, -0.2) is 0 Å². The third-order valence-electron chi connectivity index (χ3n) is 4.28. The number of hydrogen-bond acceptors (Lipinski definition) is 2. The summed E-state index contributed by atoms with van der Waals surface area (Å²) >= 11 is 0. The molecule has 0 atom stereocenters. The highest BCUT2D eigenvalue weighted by molar-refractivity contribution is 6.02. The number of hydrogen-bond donors (Lipinski definition) is 1. The maximum absolute atomic E-state index is 10.4. The van der Waals surface area contributed by atoms with Gasteiger partial charge in [0, 0.05) is 28.3 Å². The number of phenols is 1. The van der Waals surface area contributed by atoms with Crippen molar-refractivity contribution < 1.29 is 5.11 Å². The van der Waals surface area contributed by atoms with Crippen LogP contribution in [0.2, 0.25) is 0 Å². The molecule has 0 saturated carbocycles. The Kier molecular flexibility index (Phi) is 3.51. The number of aromatic nitrogens is 1. The Morgan fingerprint density at radius 3 is 2.38 bits per heavy atom. The van der Waals surface area contributed by atoms with Gasteiger partial charge in [-0.2, -0.15) is 0 Å². The van der Waals surface area contributed by atoms with Crippen LogP contribution in [0.15, 0.2) is 79.0 Å². The summed E-state index contributed by atoms with van der Waals surface area (Å²) < 4.78 is 0. The lowest BCUT2D eigenvalue weighted by Crippen LogP contribution is -1.91. The van der Waals surface area contributed by atoms with Gasteiger partial charge in [0.1, 0.15) is 5.75 Å². The fourth-order valence-corrected chi connectivity index (χ4v) is 3.13. The zero-order valence-electron chi connectivity index (χ0n) is 13.4. The lowest BCUT2D eigenvalue weighted by molar-refractivity contribution is 0.477. The highest BCUT2D eigenvalue weighted by Gasteiger charge is 2.15. The molecule has 0 aliphatic rings. The molecule has 4 rings (SSSR count). The molecule has 1 aromatic heterocycles. The Labute approximate surface area is 141 Å². The molecule has 116 valence electrons. The second kappa shape index (κ2) is 5.82. The van der Waals surface area contributed by atoms with Gasteiger partial charge in [-0.15, -0.1) is 0 Å². The second-order valence-electron chi connectivity index (χ2n) is 5.95. The highest BCUT2D eigenvalue weighted by atomic mass is 16.3. The molecule has 2 nitrogen and oxygen atoms in total. The van der Waals surface area contributed by atoms with Crippen LogP contribution in [0.3, 0.4) is 0 Å². The number of aryl methyl sites for hydroxylation is 1. The van der Waals surface area contributed by atoms with Gasteiger partial charge in [0.15, 0.2) is 0 Å². The van der Waals surface area contributed by atoms with Crippen molar-refractivity contribution in [3.63, 3.8) is 0 Å². The van der Waals surface area contributed by atoms with E-state index in [1.807, 2.05) is 61.7 Å². The molecule has 0 aliphatic heterocycles. The molecule has 4 aromatic rings. The Morgan fingerprint density at radius 2 is 1.54 bits per heavy atom. The average Bonchev–Trinajstić information content (AvgIpc) is 2.63. The lowest BCUT2D eigenvalue weighted by Gasteiger charge is -2.15. The minimum Gasteiger partial charge on any atom is -0.507 e. The van der Waals surface area contributed by atoms with Gasteiger partial charge in [0.05, 0.1) is 5.52 Å². The summed E-state index contributed by atoms with van der Waals surface area (Å²) in [5.41, 5.74) is 6.03. The Morgan fingerprint density at radius 1 is 0.792 bits per heavy atom. The van der Waals surface area contributed by atoms with Crippen LogP contribution in [0.1, 0.15) is 5.56 Å². The van der Waals surface area contributed by atoms with E-state index in [4.69, 9.17) is 0 Å². The van der Waals surface area contributed by atoms with Gasteiger partial charge < -0.3 is 5.11 Å². The van der Waals surface area contributed by atoms with E-state index in [-0.39, 0.29) is 5.75 Å². The van der Waals surface area contributed by atoms with Crippen LogP contribution in [0.5, 0.6) is 5.75 Å². The van der Waals surface area contributed by atoms with Crippen LogP contribution >= 0.6 is 0 Å². The molecule has 0 spiro atoms. The summed E-state index contributed by atoms with van der Waals surface area (Å²) in [4.78, 5) is 4.60. The Balaban J connectivity index is 2.11. The standard InChI is InChI=1S/C22H17NO/c1-15-11-12-21(24)18(13-15)19-14-23-20-10-6-5-9-17(20)22(19)16-7-3-2-4-8-16/h2-14,24H,1H3. The number of para-hydroxylation sites is 1. The average molecular weight is 311 g/mol. The number of phenolic OH excluding ortho intramolecular Hbond substituents is 1. The Hall–Kier alpha value is -3.13. The molecular formula is C22H17NO. The van der Waals surface area contributed by atoms with E-state index in [0.717, 1.165) is 38.7 Å². The van der Waals surface area contributed by atoms with E-state index >= 15 is 0 Å². The maximum Gasteiger partial charge on any atom is 0.123 e. The smallest absolute Gasteiger partial charge is 0.123 e. The van der Waals surface area contributed by atoms with Crippen molar-refractivity contribution in [1.29, 1.82) is 0 Å². The topological polar surface area (TPSA) is 33.1 Å². The summed E-state index contributed by atoms with van der Waals surface area (Å²) in [5, 5.41) is 11.5. The number of nitrogens with zero attached hydrogens (tertiary/aromatic N) is 1. The van der Waals surface area contributed by atoms with Crippen LogP contribution in [0.25, 0.3) is 33.2 Å². The summed E-state index contributed by atoms with van der Waals surface area (Å²) in [6.07, 6.45) is 1.86. The van der Waals surface area contributed by atoms with Crippen LogP contribution in [-0.4, -0.2) is 10.1 Å². The molecule has 0 bridgehead atoms. The molecular weight excluding hydrogens is 294 g/mol. The highest BCUT2D eigenvalue weighted by Crippen LogP contribution is 2.40. The van der Waals surface area contributed by atoms with Crippen molar-refractivity contribution in [3.05, 3.63) is 84.6 Å². The summed E-state index contributed by atoms with van der Waals surface area (Å²) in [6, 6.07) is 24.0. The lowest BCUT2D eigenvalue weighted by atomic mass is 9.91. The van der Waals surface area contributed by atoms with Crippen LogP contribution < -0.4 is 0 Å². The molecule has 2 heteroatoms.